The molecule has 0 N–H and O–H groups in total. The molecule has 1 nitrogen and oxygen atoms in total. The Morgan fingerprint density at radius 3 is 2.75 bits per heavy atom. The molecule has 1 rings (SSSR count). The van der Waals surface area contributed by atoms with Gasteiger partial charge in [0.05, 0.1) is 0 Å². The highest BCUT2D eigenvalue weighted by Crippen LogP contribution is 2.04. The van der Waals surface area contributed by atoms with Crippen molar-refractivity contribution in [1.82, 2.24) is 0 Å². The molecule has 1 unspecified atom stereocenters. The van der Waals surface area contributed by atoms with Crippen molar-refractivity contribution in [3.05, 3.63) is 0 Å². The summed E-state index contributed by atoms with van der Waals surface area (Å²) in [6.45, 7) is 6.94. The Kier molecular flexibility index (Phi) is 1.66. The maximum absolute atomic E-state index is 2.38. The van der Waals surface area contributed by atoms with Crippen LogP contribution < -0.4 is 0 Å². The Bertz CT molecular complexity index is 105. The molecule has 1 heteroatoms. The van der Waals surface area contributed by atoms with Crippen LogP contribution in [0.4, 0.5) is 0 Å². The molecule has 0 aromatic carbocycles. The van der Waals surface area contributed by atoms with Crippen LogP contribution in [0.5, 0.6) is 0 Å². The van der Waals surface area contributed by atoms with Gasteiger partial charge in [-0.1, -0.05) is 6.92 Å². The van der Waals surface area contributed by atoms with Crippen LogP contribution in [-0.4, -0.2) is 23.9 Å². The molecule has 0 aromatic heterocycles. The first-order valence-corrected chi connectivity index (χ1v) is 3.42. The van der Waals surface area contributed by atoms with E-state index in [0.29, 0.717) is 0 Å². The van der Waals surface area contributed by atoms with Crippen molar-refractivity contribution in [1.29, 1.82) is 0 Å². The second-order valence-corrected chi connectivity index (χ2v) is 2.54. The predicted molar refractivity (Wildman–Crippen MR) is 35.5 cm³/mol. The third-order valence-corrected chi connectivity index (χ3v) is 1.74. The average Bonchev–Trinajstić information content (AvgIpc) is 2.14. The quantitative estimate of drug-likeness (QED) is 0.447. The van der Waals surface area contributed by atoms with Gasteiger partial charge in [-0.3, -0.25) is 0 Å². The molecule has 0 saturated heterocycles. The van der Waals surface area contributed by atoms with Crippen LogP contribution >= 0.6 is 0 Å². The molecule has 0 aliphatic carbocycles. The van der Waals surface area contributed by atoms with Crippen LogP contribution in [0.25, 0.3) is 0 Å². The summed E-state index contributed by atoms with van der Waals surface area (Å²) in [5, 5.41) is 0. The molecule has 0 aromatic rings. The van der Waals surface area contributed by atoms with Crippen LogP contribution in [0.3, 0.4) is 0 Å². The Hall–Kier alpha value is -0.330. The molecular weight excluding hydrogens is 98.1 g/mol. The molecule has 1 heterocycles. The van der Waals surface area contributed by atoms with E-state index in [-0.39, 0.29) is 0 Å². The van der Waals surface area contributed by atoms with Crippen LogP contribution in [0, 0.1) is 5.92 Å². The summed E-state index contributed by atoms with van der Waals surface area (Å²) < 4.78 is 2.38. The molecule has 0 spiro atoms. The van der Waals surface area contributed by atoms with Gasteiger partial charge in [-0.15, -0.1) is 0 Å². The standard InChI is InChI=1S/C7H14N/c1-3-8-5-4-7(2)6-8/h6-7H,3-5H2,1-2H3/q+1. The highest BCUT2D eigenvalue weighted by atomic mass is 15.0. The summed E-state index contributed by atoms with van der Waals surface area (Å²) >= 11 is 0. The Labute approximate surface area is 51.0 Å². The summed E-state index contributed by atoms with van der Waals surface area (Å²) in [6.07, 6.45) is 3.69. The second kappa shape index (κ2) is 2.29. The number of nitrogens with zero attached hydrogens (tertiary/aromatic N) is 1. The van der Waals surface area contributed by atoms with Crippen LogP contribution in [-0.2, 0) is 0 Å². The average molecular weight is 112 g/mol. The van der Waals surface area contributed by atoms with Crippen molar-refractivity contribution in [2.24, 2.45) is 5.92 Å². The molecule has 0 amide bonds. The monoisotopic (exact) mass is 112 g/mol. The van der Waals surface area contributed by atoms with Gasteiger partial charge >= 0.3 is 0 Å². The minimum Gasteiger partial charge on any atom is -0.240 e. The van der Waals surface area contributed by atoms with E-state index in [1.165, 1.54) is 19.5 Å². The van der Waals surface area contributed by atoms with Crippen molar-refractivity contribution in [3.8, 4) is 0 Å². The van der Waals surface area contributed by atoms with Gasteiger partial charge in [-0.05, 0) is 6.92 Å². The van der Waals surface area contributed by atoms with Gasteiger partial charge in [0, 0.05) is 12.3 Å². The van der Waals surface area contributed by atoms with E-state index in [2.05, 4.69) is 24.6 Å². The summed E-state index contributed by atoms with van der Waals surface area (Å²) in [5.41, 5.74) is 0. The lowest BCUT2D eigenvalue weighted by atomic mass is 10.2. The van der Waals surface area contributed by atoms with E-state index in [9.17, 15) is 0 Å². The highest BCUT2D eigenvalue weighted by Gasteiger charge is 2.15. The highest BCUT2D eigenvalue weighted by molar-refractivity contribution is 5.55. The van der Waals surface area contributed by atoms with Crippen LogP contribution in [0.1, 0.15) is 20.3 Å². The molecular formula is C7H14N+. The van der Waals surface area contributed by atoms with E-state index in [1.807, 2.05) is 0 Å². The normalized spacial score (nSPS) is 28.2. The van der Waals surface area contributed by atoms with Crippen molar-refractivity contribution in [2.45, 2.75) is 20.3 Å². The van der Waals surface area contributed by atoms with Gasteiger partial charge in [-0.25, -0.2) is 4.58 Å². The molecule has 0 radical (unpaired) electrons. The fourth-order valence-corrected chi connectivity index (χ4v) is 1.14. The molecule has 0 bridgehead atoms. The van der Waals surface area contributed by atoms with Gasteiger partial charge in [0.2, 0.25) is 0 Å². The molecule has 1 aliphatic rings. The van der Waals surface area contributed by atoms with Crippen molar-refractivity contribution < 1.29 is 4.58 Å². The third kappa shape index (κ3) is 1.09. The van der Waals surface area contributed by atoms with Crippen LogP contribution in [0.15, 0.2) is 0 Å². The fraction of sp³-hybridized carbons (Fsp3) is 0.857. The molecule has 1 aliphatic heterocycles. The number of rotatable bonds is 1. The van der Waals surface area contributed by atoms with E-state index >= 15 is 0 Å². The summed E-state index contributed by atoms with van der Waals surface area (Å²) in [6, 6.07) is 0. The third-order valence-electron chi connectivity index (χ3n) is 1.74. The molecule has 46 valence electrons. The van der Waals surface area contributed by atoms with E-state index in [1.54, 1.807) is 0 Å². The minimum atomic E-state index is 0.829. The van der Waals surface area contributed by atoms with E-state index < -0.39 is 0 Å². The second-order valence-electron chi connectivity index (χ2n) is 2.54. The minimum absolute atomic E-state index is 0.829. The SMILES string of the molecule is CC[N+]1=CC(C)CC1. The van der Waals surface area contributed by atoms with E-state index in [4.69, 9.17) is 0 Å². The van der Waals surface area contributed by atoms with E-state index in [0.717, 1.165) is 5.92 Å². The van der Waals surface area contributed by atoms with Gasteiger partial charge < -0.3 is 0 Å². The van der Waals surface area contributed by atoms with Crippen LogP contribution in [0.2, 0.25) is 0 Å². The first kappa shape index (κ1) is 5.80. The Morgan fingerprint density at radius 1 is 1.75 bits per heavy atom. The summed E-state index contributed by atoms with van der Waals surface area (Å²) in [7, 11) is 0. The first-order valence-electron chi connectivity index (χ1n) is 3.42. The summed E-state index contributed by atoms with van der Waals surface area (Å²) in [5.74, 6) is 0.829. The van der Waals surface area contributed by atoms with Gasteiger partial charge in [0.15, 0.2) is 0 Å². The topological polar surface area (TPSA) is 3.01 Å². The van der Waals surface area contributed by atoms with Crippen molar-refractivity contribution >= 4 is 6.21 Å². The lowest BCUT2D eigenvalue weighted by Crippen LogP contribution is -2.06. The van der Waals surface area contributed by atoms with Gasteiger partial charge in [-0.2, -0.15) is 0 Å². The zero-order chi connectivity index (χ0) is 5.98. The zero-order valence-electron chi connectivity index (χ0n) is 5.72. The Balaban J connectivity index is 2.44. The molecule has 0 saturated carbocycles. The van der Waals surface area contributed by atoms with Crippen molar-refractivity contribution in [3.63, 3.8) is 0 Å². The zero-order valence-corrected chi connectivity index (χ0v) is 5.72. The molecule has 1 atom stereocenters. The van der Waals surface area contributed by atoms with Gasteiger partial charge in [0.25, 0.3) is 0 Å². The number of hydrogen-bond donors (Lipinski definition) is 0. The maximum atomic E-state index is 2.38. The lowest BCUT2D eigenvalue weighted by molar-refractivity contribution is -0.512. The van der Waals surface area contributed by atoms with Crippen molar-refractivity contribution in [2.75, 3.05) is 13.1 Å². The smallest absolute Gasteiger partial charge is 0.143 e. The van der Waals surface area contributed by atoms with Gasteiger partial charge in [0.1, 0.15) is 19.3 Å². The number of hydrogen-bond acceptors (Lipinski definition) is 0. The fourth-order valence-electron chi connectivity index (χ4n) is 1.14. The summed E-state index contributed by atoms with van der Waals surface area (Å²) in [4.78, 5) is 0. The first-order chi connectivity index (χ1) is 3.83. The predicted octanol–water partition coefficient (Wildman–Crippen LogP) is 1.13. The largest absolute Gasteiger partial charge is 0.240 e. The molecule has 8 heavy (non-hydrogen) atoms. The Morgan fingerprint density at radius 2 is 2.50 bits per heavy atom. The lowest BCUT2D eigenvalue weighted by Gasteiger charge is -1.86. The maximum Gasteiger partial charge on any atom is 0.143 e. The molecule has 0 fully saturated rings.